The molecule has 0 saturated heterocycles. The van der Waals surface area contributed by atoms with Gasteiger partial charge in [-0.2, -0.15) is 0 Å². The normalized spacial score (nSPS) is 11.0. The second-order valence-electron chi connectivity index (χ2n) is 25.6. The van der Waals surface area contributed by atoms with Gasteiger partial charge in [-0.05, 0) is 209 Å². The summed E-state index contributed by atoms with van der Waals surface area (Å²) in [5.41, 5.74) is 17.7. The van der Waals surface area contributed by atoms with Crippen LogP contribution in [0.3, 0.4) is 0 Å². The molecule has 8 aromatic heterocycles. The molecule has 8 heterocycles. The van der Waals surface area contributed by atoms with Crippen LogP contribution in [-0.2, 0) is 43.8 Å². The van der Waals surface area contributed by atoms with Crippen LogP contribution in [0.2, 0.25) is 0 Å². The molecule has 21 nitrogen and oxygen atoms in total. The van der Waals surface area contributed by atoms with Crippen molar-refractivity contribution in [3.8, 4) is 115 Å². The van der Waals surface area contributed by atoms with E-state index in [4.69, 9.17) is 35.3 Å². The van der Waals surface area contributed by atoms with E-state index in [2.05, 4.69) is 39.9 Å². The Kier molecular flexibility index (Phi) is 20.8. The third kappa shape index (κ3) is 15.0. The molecule has 0 atom stereocenters. The Labute approximate surface area is 650 Å². The molecule has 0 amide bonds. The van der Waals surface area contributed by atoms with Crippen LogP contribution in [0.5, 0.6) is 23.0 Å². The van der Waals surface area contributed by atoms with Crippen LogP contribution in [0.4, 0.5) is 0 Å². The van der Waals surface area contributed by atoms with E-state index < -0.39 is 0 Å². The van der Waals surface area contributed by atoms with Gasteiger partial charge >= 0.3 is 39.0 Å². The molecular weight excluding hydrogens is 1500 g/mol. The summed E-state index contributed by atoms with van der Waals surface area (Å²) in [6.45, 7) is 10.7. The summed E-state index contributed by atoms with van der Waals surface area (Å²) in [5.74, 6) is 1.73. The number of hydrogen-bond acceptors (Lipinski definition) is 21. The molecule has 0 radical (unpaired) electrons. The molecule has 23 heteroatoms. The number of aryl methyl sites for hydroxylation is 4. The summed E-state index contributed by atoms with van der Waals surface area (Å²) in [7, 11) is 0. The molecule has 0 bridgehead atoms. The van der Waals surface area contributed by atoms with Gasteiger partial charge in [-0.25, -0.2) is 39.9 Å². The number of nitrogens with zero attached hydrogens (tertiary/aromatic N) is 8. The number of oxazole rings is 8. The molecule has 0 spiro atoms. The Morgan fingerprint density at radius 3 is 0.445 bits per heavy atom. The van der Waals surface area contributed by atoms with Crippen molar-refractivity contribution in [2.45, 2.75) is 41.5 Å². The number of hydrogen-bond donors (Lipinski definition) is 0. The average Bonchev–Trinajstić information content (AvgIpc) is 1.61. The van der Waals surface area contributed by atoms with Crippen molar-refractivity contribution in [1.29, 1.82) is 0 Å². The first-order valence-corrected chi connectivity index (χ1v) is 34.1. The minimum Gasteiger partial charge on any atom is -0.871 e. The van der Waals surface area contributed by atoms with Crippen LogP contribution in [0, 0.1) is 27.7 Å². The Balaban J connectivity index is 0.000000119. The number of benzene rings is 12. The minimum atomic E-state index is -0.214. The monoisotopic (exact) mass is 1550 g/mol. The molecule has 0 aliphatic carbocycles. The van der Waals surface area contributed by atoms with E-state index in [0.717, 1.165) is 22.3 Å². The Bertz CT molecular complexity index is 5350. The number of Topliss-reactive ketones (excluding diaryl/α,β-unsaturated/α-hetero) is 1. The third-order valence-corrected chi connectivity index (χ3v) is 17.1. The van der Waals surface area contributed by atoms with E-state index >= 15 is 0 Å². The zero-order valence-electron chi connectivity index (χ0n) is 59.9. The number of fused-ring (bicyclic) bond motifs is 8. The molecule has 528 valence electrons. The molecule has 0 N–H and O–H groups in total. The number of rotatable bonds is 8. The molecule has 0 unspecified atom stereocenters. The van der Waals surface area contributed by atoms with Crippen molar-refractivity contribution in [2.75, 3.05) is 0 Å². The molecule has 0 saturated carbocycles. The van der Waals surface area contributed by atoms with Crippen LogP contribution in [-0.4, -0.2) is 45.7 Å². The SMILES string of the molecule is CC(C)=O.Cc1cc(-c2nc3ccccc3o2)c([O-])c(-c2nc3ccccc3o2)c1.Cc1cc(-c2nc3ccccc3o2)c([O-])c(-c2nc3ccccc3o2)c1.Cc1cc(-c2nc3ccccc3o2)c([O-])c(-c2nc3ccccc3o2)c1.Cc1cc(-c2nc3ccccc3o2)c([O-])c(-c2nc3ccccc3o2)c1.[Zn+2].[Zn+2]. The van der Waals surface area contributed by atoms with Gasteiger partial charge in [-0.1, -0.05) is 120 Å². The number of aromatic nitrogens is 8. The van der Waals surface area contributed by atoms with Crippen LogP contribution >= 0.6 is 0 Å². The molecule has 0 aliphatic rings. The summed E-state index contributed by atoms with van der Waals surface area (Å²) in [4.78, 5) is 45.0. The van der Waals surface area contributed by atoms with Crippen LogP contribution < -0.4 is 20.4 Å². The molecular formula is C87H58N8O13Zn2. The third-order valence-electron chi connectivity index (χ3n) is 17.1. The first-order chi connectivity index (χ1) is 52.5. The van der Waals surface area contributed by atoms with Crippen molar-refractivity contribution >= 4 is 94.6 Å². The zero-order valence-corrected chi connectivity index (χ0v) is 65.8. The van der Waals surface area contributed by atoms with Crippen molar-refractivity contribution in [3.63, 3.8) is 0 Å². The van der Waals surface area contributed by atoms with Gasteiger partial charge in [0.2, 0.25) is 47.1 Å². The number of carbonyl (C=O) groups is 1. The molecule has 0 aliphatic heterocycles. The van der Waals surface area contributed by atoms with Crippen LogP contribution in [0.15, 0.2) is 278 Å². The van der Waals surface area contributed by atoms with E-state index in [1.165, 1.54) is 13.8 Å². The second-order valence-corrected chi connectivity index (χ2v) is 25.6. The van der Waals surface area contributed by atoms with Gasteiger partial charge in [0, 0.05) is 44.5 Å². The summed E-state index contributed by atoms with van der Waals surface area (Å²) in [6.07, 6.45) is 0. The quantitative estimate of drug-likeness (QED) is 0.128. The summed E-state index contributed by atoms with van der Waals surface area (Å²) in [6, 6.07) is 73.7. The number of ketones is 1. The summed E-state index contributed by atoms with van der Waals surface area (Å²) < 4.78 is 46.2. The van der Waals surface area contributed by atoms with Gasteiger partial charge in [-0.15, -0.1) is 0 Å². The summed E-state index contributed by atoms with van der Waals surface area (Å²) >= 11 is 0. The fraction of sp³-hybridized carbons (Fsp3) is 0.0690. The molecule has 20 rings (SSSR count). The van der Waals surface area contributed by atoms with E-state index in [9.17, 15) is 25.2 Å². The molecule has 0 fully saturated rings. The van der Waals surface area contributed by atoms with Gasteiger partial charge in [0.15, 0.2) is 44.7 Å². The topological polar surface area (TPSA) is 318 Å². The largest absolute Gasteiger partial charge is 2.00 e. The van der Waals surface area contributed by atoms with Crippen molar-refractivity contribution in [3.05, 3.63) is 265 Å². The molecule has 12 aromatic carbocycles. The van der Waals surface area contributed by atoms with Crippen molar-refractivity contribution in [1.82, 2.24) is 39.9 Å². The first kappa shape index (κ1) is 73.4. The minimum absolute atomic E-state index is 0. The standard InChI is InChI=1S/4C21H14N2O3.C3H6O.2Zn/c4*1-12-10-13(20-22-15-6-2-4-8-17(15)25-20)19(24)14(11-12)21-23-16-7-3-5-9-18(16)26-21;1-3(2)4;;/h4*2-11,24H,1H3;1-2H3;;/q;;;;;2*+2/p-4. The van der Waals surface area contributed by atoms with E-state index in [0.29, 0.717) is 180 Å². The first-order valence-electron chi connectivity index (χ1n) is 34.1. The molecule has 20 aromatic rings. The van der Waals surface area contributed by atoms with E-state index in [1.807, 2.05) is 222 Å². The maximum absolute atomic E-state index is 13.1. The maximum Gasteiger partial charge on any atom is 2.00 e. The fourth-order valence-electron chi connectivity index (χ4n) is 12.3. The number of para-hydroxylation sites is 16. The van der Waals surface area contributed by atoms with Gasteiger partial charge in [0.25, 0.3) is 0 Å². The fourth-order valence-corrected chi connectivity index (χ4v) is 12.3. The van der Waals surface area contributed by atoms with E-state index in [-0.39, 0.29) is 67.7 Å². The Morgan fingerprint density at radius 1 is 0.227 bits per heavy atom. The van der Waals surface area contributed by atoms with Crippen molar-refractivity contribution < 1.29 is 99.5 Å². The predicted molar refractivity (Wildman–Crippen MR) is 403 cm³/mol. The second kappa shape index (κ2) is 31.1. The van der Waals surface area contributed by atoms with Crippen molar-refractivity contribution in [2.24, 2.45) is 0 Å². The van der Waals surface area contributed by atoms with Gasteiger partial charge in [0.1, 0.15) is 49.9 Å². The zero-order chi connectivity index (χ0) is 74.3. The van der Waals surface area contributed by atoms with Gasteiger partial charge < -0.3 is 60.6 Å². The number of carbonyl (C=O) groups excluding carboxylic acids is 1. The maximum atomic E-state index is 13.1. The predicted octanol–water partition coefficient (Wildman–Crippen LogP) is 19.3. The van der Waals surface area contributed by atoms with Crippen LogP contribution in [0.1, 0.15) is 36.1 Å². The van der Waals surface area contributed by atoms with E-state index in [1.54, 1.807) is 48.5 Å². The summed E-state index contributed by atoms with van der Waals surface area (Å²) in [5, 5.41) is 52.3. The Hall–Kier alpha value is -13.5. The average molecular weight is 1550 g/mol. The molecule has 110 heavy (non-hydrogen) atoms. The van der Waals surface area contributed by atoms with Gasteiger partial charge in [0.05, 0.1) is 0 Å². The van der Waals surface area contributed by atoms with Gasteiger partial charge in [-0.3, -0.25) is 0 Å². The van der Waals surface area contributed by atoms with Crippen LogP contribution in [0.25, 0.3) is 180 Å². The Morgan fingerprint density at radius 2 is 0.336 bits per heavy atom. The smallest absolute Gasteiger partial charge is 0.871 e.